The average molecular weight is 388 g/mol. The highest BCUT2D eigenvalue weighted by Crippen LogP contribution is 2.34. The van der Waals surface area contributed by atoms with Gasteiger partial charge in [-0.2, -0.15) is 13.2 Å². The lowest BCUT2D eigenvalue weighted by Crippen LogP contribution is -2.69. The monoisotopic (exact) mass is 388 g/mol. The fourth-order valence-corrected chi connectivity index (χ4v) is 2.51. The molecular weight excluding hydrogens is 369 g/mol. The number of quaternary nitrogens is 1. The predicted octanol–water partition coefficient (Wildman–Crippen LogP) is -0.482. The molecular formula is C16H19F3N4O4+2. The minimum Gasteiger partial charge on any atom is -0.508 e. The van der Waals surface area contributed by atoms with Crippen LogP contribution in [0.25, 0.3) is 0 Å². The molecule has 2 aromatic rings. The first-order valence-electron chi connectivity index (χ1n) is 7.86. The maximum atomic E-state index is 13.1. The van der Waals surface area contributed by atoms with Crippen molar-refractivity contribution in [3.63, 3.8) is 0 Å². The van der Waals surface area contributed by atoms with Crippen LogP contribution in [0.3, 0.4) is 0 Å². The van der Waals surface area contributed by atoms with Crippen molar-refractivity contribution in [3.8, 4) is 5.75 Å². The molecule has 0 unspecified atom stereocenters. The van der Waals surface area contributed by atoms with E-state index < -0.39 is 41.4 Å². The van der Waals surface area contributed by atoms with E-state index in [0.29, 0.717) is 11.8 Å². The summed E-state index contributed by atoms with van der Waals surface area (Å²) in [4.78, 5) is 29.0. The Morgan fingerprint density at radius 2 is 2.00 bits per heavy atom. The zero-order chi connectivity index (χ0) is 20.2. The number of aromatic nitrogens is 2. The number of aliphatic carboxylic acids is 1. The van der Waals surface area contributed by atoms with Gasteiger partial charge in [-0.3, -0.25) is 9.78 Å². The first kappa shape index (κ1) is 20.2. The SMILES string of the molecule is [NH3+][C@@H](Cc1ccc(O)cc1C(F)(F)F)C(=O)N[C@@H](Cc1c[nH+]c[nH]1)C(=O)O. The second-order valence-corrected chi connectivity index (χ2v) is 5.97. The van der Waals surface area contributed by atoms with Crippen LogP contribution in [-0.4, -0.2) is 39.2 Å². The van der Waals surface area contributed by atoms with Crippen LogP contribution in [0.4, 0.5) is 13.2 Å². The standard InChI is InChI=1S/C16H17F3N4O4/c17-16(18,19)11-5-10(24)2-1-8(11)3-12(20)14(25)23-13(15(26)27)4-9-6-21-7-22-9/h1-2,5-7,12-13,24H,3-4,20H2,(H,21,22)(H,23,25)(H,26,27)/p+2/t12-,13-/m0/s1. The topological polar surface area (TPSA) is 144 Å². The number of carbonyl (C=O) groups is 2. The van der Waals surface area contributed by atoms with E-state index in [9.17, 15) is 33.0 Å². The lowest BCUT2D eigenvalue weighted by Gasteiger charge is -2.17. The van der Waals surface area contributed by atoms with Gasteiger partial charge in [0.25, 0.3) is 5.91 Å². The van der Waals surface area contributed by atoms with Crippen molar-refractivity contribution in [1.29, 1.82) is 0 Å². The van der Waals surface area contributed by atoms with E-state index in [1.807, 2.05) is 0 Å². The van der Waals surface area contributed by atoms with Crippen LogP contribution >= 0.6 is 0 Å². The highest BCUT2D eigenvalue weighted by atomic mass is 19.4. The van der Waals surface area contributed by atoms with Crippen LogP contribution in [-0.2, 0) is 28.6 Å². The number of phenols is 1. The largest absolute Gasteiger partial charge is 0.508 e. The van der Waals surface area contributed by atoms with Crippen LogP contribution in [0.2, 0.25) is 0 Å². The molecule has 0 spiro atoms. The number of aromatic amines is 2. The molecule has 1 aromatic heterocycles. The summed E-state index contributed by atoms with van der Waals surface area (Å²) in [6.45, 7) is 0. The Morgan fingerprint density at radius 1 is 1.30 bits per heavy atom. The first-order valence-corrected chi connectivity index (χ1v) is 7.86. The molecule has 2 atom stereocenters. The third kappa shape index (κ3) is 5.45. The van der Waals surface area contributed by atoms with Crippen molar-refractivity contribution >= 4 is 11.9 Å². The van der Waals surface area contributed by atoms with Gasteiger partial charge in [-0.15, -0.1) is 0 Å². The Morgan fingerprint density at radius 3 is 2.56 bits per heavy atom. The maximum absolute atomic E-state index is 13.1. The van der Waals surface area contributed by atoms with Crippen LogP contribution < -0.4 is 16.0 Å². The molecule has 0 aliphatic rings. The van der Waals surface area contributed by atoms with Crippen molar-refractivity contribution in [2.24, 2.45) is 0 Å². The molecule has 0 saturated heterocycles. The number of rotatable bonds is 7. The van der Waals surface area contributed by atoms with E-state index >= 15 is 0 Å². The number of nitrogens with one attached hydrogen (secondary N) is 3. The van der Waals surface area contributed by atoms with E-state index in [1.54, 1.807) is 0 Å². The Bertz CT molecular complexity index is 808. The van der Waals surface area contributed by atoms with Crippen molar-refractivity contribution in [2.75, 3.05) is 0 Å². The van der Waals surface area contributed by atoms with E-state index in [-0.39, 0.29) is 18.4 Å². The smallest absolute Gasteiger partial charge is 0.416 e. The number of hydrogen-bond donors (Lipinski definition) is 5. The van der Waals surface area contributed by atoms with Crippen molar-refractivity contribution < 1.29 is 43.7 Å². The molecule has 0 aliphatic carbocycles. The van der Waals surface area contributed by atoms with E-state index in [2.05, 4.69) is 21.0 Å². The van der Waals surface area contributed by atoms with Gasteiger partial charge in [0.1, 0.15) is 23.7 Å². The number of phenolic OH excluding ortho intramolecular Hbond substituents is 1. The molecule has 1 amide bonds. The van der Waals surface area contributed by atoms with Crippen LogP contribution in [0.5, 0.6) is 5.75 Å². The van der Waals surface area contributed by atoms with E-state index in [4.69, 9.17) is 0 Å². The van der Waals surface area contributed by atoms with Crippen LogP contribution in [0.1, 0.15) is 16.8 Å². The van der Waals surface area contributed by atoms with Crippen molar-refractivity contribution in [2.45, 2.75) is 31.1 Å². The molecule has 0 bridgehead atoms. The molecule has 0 fully saturated rings. The molecule has 0 radical (unpaired) electrons. The summed E-state index contributed by atoms with van der Waals surface area (Å²) in [6, 6.07) is 0.287. The zero-order valence-corrected chi connectivity index (χ0v) is 14.0. The molecule has 8 N–H and O–H groups in total. The molecule has 2 rings (SSSR count). The summed E-state index contributed by atoms with van der Waals surface area (Å²) in [7, 11) is 0. The van der Waals surface area contributed by atoms with Crippen LogP contribution in [0.15, 0.2) is 30.7 Å². The quantitative estimate of drug-likeness (QED) is 0.436. The average Bonchev–Trinajstić information content (AvgIpc) is 3.07. The summed E-state index contributed by atoms with van der Waals surface area (Å²) in [5.74, 6) is -2.63. The number of benzene rings is 1. The molecule has 1 aromatic carbocycles. The number of aromatic hydroxyl groups is 1. The van der Waals surface area contributed by atoms with Gasteiger partial charge in [-0.1, -0.05) is 6.07 Å². The minimum absolute atomic E-state index is 0.0374. The van der Waals surface area contributed by atoms with Crippen molar-refractivity contribution in [1.82, 2.24) is 10.3 Å². The lowest BCUT2D eigenvalue weighted by atomic mass is 9.99. The van der Waals surface area contributed by atoms with Gasteiger partial charge in [0.05, 0.1) is 5.56 Å². The molecule has 8 nitrogen and oxygen atoms in total. The second-order valence-electron chi connectivity index (χ2n) is 5.97. The third-order valence-corrected chi connectivity index (χ3v) is 3.87. The van der Waals surface area contributed by atoms with Gasteiger partial charge < -0.3 is 21.3 Å². The highest BCUT2D eigenvalue weighted by Gasteiger charge is 2.35. The fraction of sp³-hybridized carbons (Fsp3) is 0.312. The summed E-state index contributed by atoms with van der Waals surface area (Å²) < 4.78 is 39.3. The number of H-pyrrole nitrogens is 2. The second kappa shape index (κ2) is 8.08. The van der Waals surface area contributed by atoms with E-state index in [0.717, 1.165) is 12.1 Å². The third-order valence-electron chi connectivity index (χ3n) is 3.87. The number of imidazole rings is 1. The lowest BCUT2D eigenvalue weighted by molar-refractivity contribution is -0.403. The maximum Gasteiger partial charge on any atom is 0.416 e. The number of amides is 1. The summed E-state index contributed by atoms with van der Waals surface area (Å²) in [6.07, 6.45) is -2.12. The molecule has 0 aliphatic heterocycles. The summed E-state index contributed by atoms with van der Waals surface area (Å²) in [5, 5.41) is 20.8. The van der Waals surface area contributed by atoms with Gasteiger partial charge in [0.15, 0.2) is 6.04 Å². The highest BCUT2D eigenvalue weighted by molar-refractivity contribution is 5.86. The van der Waals surface area contributed by atoms with Gasteiger partial charge in [0, 0.05) is 12.8 Å². The molecule has 0 saturated carbocycles. The van der Waals surface area contributed by atoms with E-state index in [1.165, 1.54) is 12.5 Å². The minimum atomic E-state index is -4.71. The van der Waals surface area contributed by atoms with Gasteiger partial charge in [-0.05, 0) is 17.7 Å². The van der Waals surface area contributed by atoms with Gasteiger partial charge >= 0.3 is 12.1 Å². The molecule has 27 heavy (non-hydrogen) atoms. The normalized spacial score (nSPS) is 13.8. The molecule has 11 heteroatoms. The predicted molar refractivity (Wildman–Crippen MR) is 84.1 cm³/mol. The Labute approximate surface area is 151 Å². The Hall–Kier alpha value is -3.08. The summed E-state index contributed by atoms with van der Waals surface area (Å²) in [5.41, 5.74) is 2.78. The number of halogens is 3. The van der Waals surface area contributed by atoms with Crippen molar-refractivity contribution in [3.05, 3.63) is 47.5 Å². The number of hydrogen-bond acceptors (Lipinski definition) is 3. The number of carboxylic acid groups (broad SMARTS) is 1. The first-order chi connectivity index (χ1) is 12.6. The molecule has 146 valence electrons. The fourth-order valence-electron chi connectivity index (χ4n) is 2.51. The van der Waals surface area contributed by atoms with Gasteiger partial charge in [0.2, 0.25) is 6.33 Å². The number of carbonyl (C=O) groups excluding carboxylic acids is 1. The number of alkyl halides is 3. The Balaban J connectivity index is 2.10. The van der Waals surface area contributed by atoms with Gasteiger partial charge in [-0.25, -0.2) is 9.78 Å². The van der Waals surface area contributed by atoms with Crippen LogP contribution in [0, 0.1) is 0 Å². The molecule has 1 heterocycles. The Kier molecular flexibility index (Phi) is 6.05. The summed E-state index contributed by atoms with van der Waals surface area (Å²) >= 11 is 0. The number of carboxylic acids is 1. The zero-order valence-electron chi connectivity index (χ0n) is 14.0.